The molecule has 5 heteroatoms. The van der Waals surface area contributed by atoms with E-state index in [4.69, 9.17) is 0 Å². The number of carbonyl (C=O) groups excluding carboxylic acids is 2. The van der Waals surface area contributed by atoms with Gasteiger partial charge in [-0.1, -0.05) is 44.2 Å². The molecule has 2 heterocycles. The molecule has 2 aliphatic heterocycles. The van der Waals surface area contributed by atoms with Crippen LogP contribution in [0, 0.1) is 5.41 Å². The van der Waals surface area contributed by atoms with Gasteiger partial charge in [0.05, 0.1) is 5.41 Å². The Morgan fingerprint density at radius 1 is 1.26 bits per heavy atom. The molecule has 27 heavy (non-hydrogen) atoms. The summed E-state index contributed by atoms with van der Waals surface area (Å²) >= 11 is 0. The van der Waals surface area contributed by atoms with Crippen molar-refractivity contribution in [3.63, 3.8) is 0 Å². The lowest BCUT2D eigenvalue weighted by Crippen LogP contribution is -2.50. The highest BCUT2D eigenvalue weighted by Gasteiger charge is 2.49. The summed E-state index contributed by atoms with van der Waals surface area (Å²) in [4.78, 5) is 29.3. The summed E-state index contributed by atoms with van der Waals surface area (Å²) in [7, 11) is 0. The van der Waals surface area contributed by atoms with Crippen LogP contribution in [0.2, 0.25) is 0 Å². The molecule has 1 aromatic carbocycles. The zero-order chi connectivity index (χ0) is 19.4. The molecular weight excluding hydrogens is 338 g/mol. The van der Waals surface area contributed by atoms with E-state index in [1.807, 2.05) is 4.90 Å². The minimum atomic E-state index is -0.401. The van der Waals surface area contributed by atoms with Gasteiger partial charge in [0.2, 0.25) is 5.91 Å². The smallest absolute Gasteiger partial charge is 0.317 e. The topological polar surface area (TPSA) is 52.7 Å². The molecule has 0 saturated carbocycles. The average Bonchev–Trinajstić information content (AvgIpc) is 3.09. The largest absolute Gasteiger partial charge is 0.338 e. The van der Waals surface area contributed by atoms with Crippen molar-refractivity contribution < 1.29 is 9.59 Å². The molecule has 3 rings (SSSR count). The van der Waals surface area contributed by atoms with Crippen LogP contribution in [0.5, 0.6) is 0 Å². The van der Waals surface area contributed by atoms with Gasteiger partial charge < -0.3 is 15.1 Å². The first-order chi connectivity index (χ1) is 12.9. The minimum absolute atomic E-state index is 0.0963. The number of urea groups is 1. The van der Waals surface area contributed by atoms with Crippen molar-refractivity contribution >= 4 is 11.9 Å². The van der Waals surface area contributed by atoms with Gasteiger partial charge in [0.25, 0.3) is 0 Å². The number of likely N-dealkylation sites (tertiary alicyclic amines) is 2. The second-order valence-corrected chi connectivity index (χ2v) is 8.15. The lowest BCUT2D eigenvalue weighted by molar-refractivity contribution is -0.146. The summed E-state index contributed by atoms with van der Waals surface area (Å²) in [6.45, 7) is 11.1. The van der Waals surface area contributed by atoms with Gasteiger partial charge in [0, 0.05) is 32.7 Å². The van der Waals surface area contributed by atoms with Gasteiger partial charge in [-0.25, -0.2) is 4.79 Å². The van der Waals surface area contributed by atoms with Gasteiger partial charge in [0.1, 0.15) is 0 Å². The first-order valence-electron chi connectivity index (χ1n) is 9.97. The second-order valence-electron chi connectivity index (χ2n) is 8.15. The number of rotatable bonds is 5. The van der Waals surface area contributed by atoms with E-state index >= 15 is 0 Å². The molecule has 1 N–H and O–H groups in total. The predicted molar refractivity (Wildman–Crippen MR) is 107 cm³/mol. The van der Waals surface area contributed by atoms with Crippen molar-refractivity contribution in [2.75, 3.05) is 26.2 Å². The Hall–Kier alpha value is -2.30. The summed E-state index contributed by atoms with van der Waals surface area (Å²) in [5.41, 5.74) is 2.09. The van der Waals surface area contributed by atoms with Gasteiger partial charge in [-0.15, -0.1) is 6.58 Å². The first-order valence-corrected chi connectivity index (χ1v) is 9.97. The Labute approximate surface area is 162 Å². The predicted octanol–water partition coefficient (Wildman–Crippen LogP) is 3.52. The maximum absolute atomic E-state index is 13.3. The number of hydrogen-bond acceptors (Lipinski definition) is 2. The van der Waals surface area contributed by atoms with Gasteiger partial charge in [-0.3, -0.25) is 4.79 Å². The molecule has 1 spiro atoms. The zero-order valence-corrected chi connectivity index (χ0v) is 16.5. The summed E-state index contributed by atoms with van der Waals surface area (Å²) in [6, 6.07) is 8.49. The van der Waals surface area contributed by atoms with Crippen LogP contribution in [0.15, 0.2) is 36.9 Å². The minimum Gasteiger partial charge on any atom is -0.338 e. The van der Waals surface area contributed by atoms with E-state index in [0.29, 0.717) is 32.1 Å². The monoisotopic (exact) mass is 369 g/mol. The second kappa shape index (κ2) is 8.15. The zero-order valence-electron chi connectivity index (χ0n) is 16.5. The molecule has 0 radical (unpaired) electrons. The molecule has 146 valence electrons. The van der Waals surface area contributed by atoms with Crippen LogP contribution in [0.25, 0.3) is 0 Å². The summed E-state index contributed by atoms with van der Waals surface area (Å²) in [5, 5.41) is 2.82. The Bertz CT molecular complexity index is 698. The molecular formula is C22H31N3O2. The molecule has 0 bridgehead atoms. The van der Waals surface area contributed by atoms with E-state index in [1.54, 1.807) is 11.0 Å². The number of nitrogens with one attached hydrogen (secondary N) is 1. The maximum atomic E-state index is 13.3. The molecule has 1 aromatic rings. The standard InChI is InChI=1S/C22H31N3O2/c1-4-12-23-21(27)25-14-11-22(16-25)10-5-13-24(20(22)26)15-18-6-8-19(9-7-18)17(2)3/h4,6-9,17H,1,5,10-16H2,2-3H3,(H,23,27). The Morgan fingerprint density at radius 3 is 2.67 bits per heavy atom. The van der Waals surface area contributed by atoms with Crippen molar-refractivity contribution in [1.29, 1.82) is 0 Å². The number of nitrogens with zero attached hydrogens (tertiary/aromatic N) is 2. The van der Waals surface area contributed by atoms with Crippen molar-refractivity contribution in [2.24, 2.45) is 5.41 Å². The van der Waals surface area contributed by atoms with Crippen LogP contribution < -0.4 is 5.32 Å². The highest BCUT2D eigenvalue weighted by atomic mass is 16.2. The Morgan fingerprint density at radius 2 is 2.00 bits per heavy atom. The van der Waals surface area contributed by atoms with Gasteiger partial charge in [-0.05, 0) is 36.3 Å². The van der Waals surface area contributed by atoms with Crippen molar-refractivity contribution in [1.82, 2.24) is 15.1 Å². The fourth-order valence-corrected chi connectivity index (χ4v) is 4.23. The molecule has 2 fully saturated rings. The van der Waals surface area contributed by atoms with Crippen molar-refractivity contribution in [3.8, 4) is 0 Å². The fourth-order valence-electron chi connectivity index (χ4n) is 4.23. The maximum Gasteiger partial charge on any atom is 0.317 e. The molecule has 0 aromatic heterocycles. The first kappa shape index (κ1) is 19.5. The van der Waals surface area contributed by atoms with E-state index in [9.17, 15) is 9.59 Å². The third-order valence-electron chi connectivity index (χ3n) is 5.88. The van der Waals surface area contributed by atoms with Crippen LogP contribution in [-0.4, -0.2) is 47.9 Å². The van der Waals surface area contributed by atoms with E-state index in [2.05, 4.69) is 50.0 Å². The van der Waals surface area contributed by atoms with Crippen LogP contribution in [0.3, 0.4) is 0 Å². The summed E-state index contributed by atoms with van der Waals surface area (Å²) in [5.74, 6) is 0.719. The van der Waals surface area contributed by atoms with Crippen molar-refractivity contribution in [3.05, 3.63) is 48.0 Å². The molecule has 3 amide bonds. The number of carbonyl (C=O) groups is 2. The number of hydrogen-bond donors (Lipinski definition) is 1. The highest BCUT2D eigenvalue weighted by Crippen LogP contribution is 2.40. The lowest BCUT2D eigenvalue weighted by Gasteiger charge is -2.39. The summed E-state index contributed by atoms with van der Waals surface area (Å²) in [6.07, 6.45) is 4.30. The molecule has 5 nitrogen and oxygen atoms in total. The number of piperidine rings is 1. The van der Waals surface area contributed by atoms with Gasteiger partial charge >= 0.3 is 6.03 Å². The summed E-state index contributed by atoms with van der Waals surface area (Å²) < 4.78 is 0. The van der Waals surface area contributed by atoms with Gasteiger partial charge in [-0.2, -0.15) is 0 Å². The molecule has 1 unspecified atom stereocenters. The molecule has 2 aliphatic rings. The quantitative estimate of drug-likeness (QED) is 0.808. The average molecular weight is 370 g/mol. The lowest BCUT2D eigenvalue weighted by atomic mass is 9.78. The van der Waals surface area contributed by atoms with Crippen LogP contribution in [0.1, 0.15) is 50.2 Å². The van der Waals surface area contributed by atoms with Crippen molar-refractivity contribution in [2.45, 2.75) is 45.6 Å². The SMILES string of the molecule is C=CCNC(=O)N1CCC2(CCCN(Cc3ccc(C(C)C)cc3)C2=O)C1. The van der Waals surface area contributed by atoms with Gasteiger partial charge in [0.15, 0.2) is 0 Å². The normalized spacial score (nSPS) is 22.6. The molecule has 1 atom stereocenters. The third-order valence-corrected chi connectivity index (χ3v) is 5.88. The van der Waals surface area contributed by atoms with E-state index in [1.165, 1.54) is 11.1 Å². The third kappa shape index (κ3) is 4.18. The highest BCUT2D eigenvalue weighted by molar-refractivity contribution is 5.85. The van der Waals surface area contributed by atoms with E-state index in [0.717, 1.165) is 25.8 Å². The Kier molecular flexibility index (Phi) is 5.88. The van der Waals surface area contributed by atoms with Crippen LogP contribution in [0.4, 0.5) is 4.79 Å². The Balaban J connectivity index is 1.65. The van der Waals surface area contributed by atoms with E-state index in [-0.39, 0.29) is 11.9 Å². The van der Waals surface area contributed by atoms with E-state index < -0.39 is 5.41 Å². The van der Waals surface area contributed by atoms with Crippen LogP contribution >= 0.6 is 0 Å². The number of benzene rings is 1. The number of amides is 3. The fraction of sp³-hybridized carbons (Fsp3) is 0.545. The van der Waals surface area contributed by atoms with Crippen LogP contribution in [-0.2, 0) is 11.3 Å². The molecule has 2 saturated heterocycles. The molecule has 0 aliphatic carbocycles.